The van der Waals surface area contributed by atoms with Crippen LogP contribution in [0.1, 0.15) is 27.8 Å². The van der Waals surface area contributed by atoms with Gasteiger partial charge in [0.1, 0.15) is 11.5 Å². The van der Waals surface area contributed by atoms with Crippen LogP contribution in [0.3, 0.4) is 0 Å². The minimum Gasteiger partial charge on any atom is -0.496 e. The van der Waals surface area contributed by atoms with Gasteiger partial charge in [-0.05, 0) is 103 Å². The molecule has 34 heavy (non-hydrogen) atoms. The minimum atomic E-state index is -0.783. The first-order valence-corrected chi connectivity index (χ1v) is 13.0. The number of hydrogen-bond acceptors (Lipinski definition) is 2. The number of methoxy groups -OCH3 is 2. The van der Waals surface area contributed by atoms with Crippen LogP contribution >= 0.6 is 7.92 Å². The van der Waals surface area contributed by atoms with Crippen molar-refractivity contribution < 1.29 is 9.47 Å². The van der Waals surface area contributed by atoms with Gasteiger partial charge in [0.15, 0.2) is 0 Å². The Morgan fingerprint density at radius 3 is 1.44 bits per heavy atom. The van der Waals surface area contributed by atoms with Gasteiger partial charge in [0, 0.05) is 0 Å². The van der Waals surface area contributed by atoms with E-state index in [2.05, 4.69) is 107 Å². The van der Waals surface area contributed by atoms with E-state index in [0.717, 1.165) is 22.6 Å². The van der Waals surface area contributed by atoms with Gasteiger partial charge in [0.2, 0.25) is 0 Å². The predicted molar refractivity (Wildman–Crippen MR) is 147 cm³/mol. The molecule has 0 aliphatic rings. The summed E-state index contributed by atoms with van der Waals surface area (Å²) in [4.78, 5) is 0. The van der Waals surface area contributed by atoms with Gasteiger partial charge in [-0.1, -0.05) is 66.7 Å². The number of aryl methyl sites for hydroxylation is 3. The van der Waals surface area contributed by atoms with E-state index in [4.69, 9.17) is 9.47 Å². The van der Waals surface area contributed by atoms with Crippen LogP contribution < -0.4 is 25.4 Å². The fraction of sp³-hybridized carbons (Fsp3) is 0.226. The van der Waals surface area contributed by atoms with Crippen LogP contribution in [-0.2, 0) is 0 Å². The maximum Gasteiger partial charge on any atom is 0.125 e. The van der Waals surface area contributed by atoms with E-state index < -0.39 is 7.92 Å². The monoisotopic (exact) mass is 468 g/mol. The highest BCUT2D eigenvalue weighted by atomic mass is 31.1. The van der Waals surface area contributed by atoms with Gasteiger partial charge in [0.25, 0.3) is 0 Å². The molecule has 0 amide bonds. The summed E-state index contributed by atoms with van der Waals surface area (Å²) in [7, 11) is 2.75. The van der Waals surface area contributed by atoms with Crippen LogP contribution in [0.15, 0.2) is 72.8 Å². The summed E-state index contributed by atoms with van der Waals surface area (Å²) < 4.78 is 11.8. The second kappa shape index (κ2) is 10.0. The predicted octanol–water partition coefficient (Wildman–Crippen LogP) is 6.67. The van der Waals surface area contributed by atoms with Gasteiger partial charge in [0.05, 0.1) is 14.2 Å². The van der Waals surface area contributed by atoms with Crippen LogP contribution in [0.2, 0.25) is 0 Å². The van der Waals surface area contributed by atoms with Crippen molar-refractivity contribution in [2.24, 2.45) is 0 Å². The zero-order chi connectivity index (χ0) is 24.4. The van der Waals surface area contributed by atoms with Crippen molar-refractivity contribution in [3.05, 3.63) is 101 Å². The van der Waals surface area contributed by atoms with Gasteiger partial charge >= 0.3 is 0 Å². The van der Waals surface area contributed by atoms with E-state index in [1.807, 2.05) is 0 Å². The zero-order valence-corrected chi connectivity index (χ0v) is 22.1. The minimum absolute atomic E-state index is 0.783. The highest BCUT2D eigenvalue weighted by Crippen LogP contribution is 2.45. The third-order valence-electron chi connectivity index (χ3n) is 6.51. The molecule has 0 aliphatic carbocycles. The standard InChI is InChI=1S/C31H33O2P/c1-20-18-21(2)30(32-6)23(4)28(20)29-24(5)31(33-7)22(3)19-27(29)34(25-14-10-8-11-15-25)26-16-12-9-13-17-26/h8-19H,1-7H3. The molecule has 0 radical (unpaired) electrons. The fourth-order valence-corrected chi connectivity index (χ4v) is 7.82. The van der Waals surface area contributed by atoms with Crippen molar-refractivity contribution in [2.45, 2.75) is 34.6 Å². The summed E-state index contributed by atoms with van der Waals surface area (Å²) in [5.41, 5.74) is 8.42. The van der Waals surface area contributed by atoms with E-state index in [9.17, 15) is 0 Å². The molecule has 0 saturated carbocycles. The Balaban J connectivity index is 2.15. The first-order chi connectivity index (χ1) is 16.4. The molecule has 0 heterocycles. The molecule has 0 aliphatic heterocycles. The Labute approximate surface area is 205 Å². The molecule has 174 valence electrons. The highest BCUT2D eigenvalue weighted by molar-refractivity contribution is 7.80. The third-order valence-corrected chi connectivity index (χ3v) is 8.98. The summed E-state index contributed by atoms with van der Waals surface area (Å²) in [5.74, 6) is 1.91. The molecule has 4 rings (SSSR count). The summed E-state index contributed by atoms with van der Waals surface area (Å²) in [6, 6.07) is 26.4. The Bertz CT molecular complexity index is 1270. The lowest BCUT2D eigenvalue weighted by molar-refractivity contribution is 0.408. The number of rotatable bonds is 6. The van der Waals surface area contributed by atoms with E-state index in [0.29, 0.717) is 0 Å². The van der Waals surface area contributed by atoms with Crippen LogP contribution in [0, 0.1) is 34.6 Å². The summed E-state index contributed by atoms with van der Waals surface area (Å²) >= 11 is 0. The summed E-state index contributed by atoms with van der Waals surface area (Å²) in [6.45, 7) is 10.8. The Kier molecular flexibility index (Phi) is 7.10. The van der Waals surface area contributed by atoms with Crippen molar-refractivity contribution >= 4 is 23.8 Å². The van der Waals surface area contributed by atoms with Crippen LogP contribution in [0.4, 0.5) is 0 Å². The third kappa shape index (κ3) is 4.24. The first-order valence-electron chi connectivity index (χ1n) is 11.6. The molecule has 4 aromatic carbocycles. The van der Waals surface area contributed by atoms with Crippen molar-refractivity contribution in [1.82, 2.24) is 0 Å². The van der Waals surface area contributed by atoms with E-state index in [1.54, 1.807) is 14.2 Å². The topological polar surface area (TPSA) is 18.5 Å². The summed E-state index contributed by atoms with van der Waals surface area (Å²) in [5, 5.41) is 4.02. The molecular weight excluding hydrogens is 435 g/mol. The molecule has 0 saturated heterocycles. The van der Waals surface area contributed by atoms with Gasteiger partial charge < -0.3 is 9.47 Å². The maximum atomic E-state index is 5.92. The molecule has 4 aromatic rings. The van der Waals surface area contributed by atoms with Crippen molar-refractivity contribution in [2.75, 3.05) is 14.2 Å². The quantitative estimate of drug-likeness (QED) is 0.294. The average molecular weight is 469 g/mol. The maximum absolute atomic E-state index is 5.92. The molecule has 0 atom stereocenters. The van der Waals surface area contributed by atoms with Crippen LogP contribution in [-0.4, -0.2) is 14.2 Å². The van der Waals surface area contributed by atoms with Gasteiger partial charge in [-0.3, -0.25) is 0 Å². The second-order valence-corrected chi connectivity index (χ2v) is 11.0. The summed E-state index contributed by atoms with van der Waals surface area (Å²) in [6.07, 6.45) is 0. The molecular formula is C31H33O2P. The van der Waals surface area contributed by atoms with Crippen LogP contribution in [0.5, 0.6) is 11.5 Å². The Hall–Kier alpha value is -3.09. The van der Waals surface area contributed by atoms with Crippen molar-refractivity contribution in [3.8, 4) is 22.6 Å². The fourth-order valence-electron chi connectivity index (χ4n) is 5.20. The SMILES string of the molecule is COc1c(C)cc(C)c(-c2c(P(c3ccccc3)c3ccccc3)cc(C)c(OC)c2C)c1C. The Morgan fingerprint density at radius 1 is 0.529 bits per heavy atom. The lowest BCUT2D eigenvalue weighted by atomic mass is 9.89. The smallest absolute Gasteiger partial charge is 0.125 e. The van der Waals surface area contributed by atoms with E-state index >= 15 is 0 Å². The normalized spacial score (nSPS) is 11.1. The molecule has 0 bridgehead atoms. The first kappa shape index (κ1) is 24.0. The highest BCUT2D eigenvalue weighted by Gasteiger charge is 2.27. The van der Waals surface area contributed by atoms with Gasteiger partial charge in [-0.25, -0.2) is 0 Å². The van der Waals surface area contributed by atoms with Crippen molar-refractivity contribution in [1.29, 1.82) is 0 Å². The molecule has 2 nitrogen and oxygen atoms in total. The lowest BCUT2D eigenvalue weighted by Gasteiger charge is -2.28. The van der Waals surface area contributed by atoms with Crippen LogP contribution in [0.25, 0.3) is 11.1 Å². The Morgan fingerprint density at radius 2 is 0.971 bits per heavy atom. The van der Waals surface area contributed by atoms with Gasteiger partial charge in [-0.2, -0.15) is 0 Å². The van der Waals surface area contributed by atoms with Crippen molar-refractivity contribution in [3.63, 3.8) is 0 Å². The molecule has 0 fully saturated rings. The molecule has 0 N–H and O–H groups in total. The van der Waals surface area contributed by atoms with Gasteiger partial charge in [-0.15, -0.1) is 0 Å². The second-order valence-electron chi connectivity index (χ2n) is 8.80. The molecule has 0 spiro atoms. The average Bonchev–Trinajstić information content (AvgIpc) is 2.82. The number of ether oxygens (including phenoxy) is 2. The van der Waals surface area contributed by atoms with E-state index in [1.165, 1.54) is 43.7 Å². The molecule has 3 heteroatoms. The van der Waals surface area contributed by atoms with E-state index in [-0.39, 0.29) is 0 Å². The molecule has 0 unspecified atom stereocenters. The zero-order valence-electron chi connectivity index (χ0n) is 21.2. The molecule has 0 aromatic heterocycles. The largest absolute Gasteiger partial charge is 0.496 e. The lowest BCUT2D eigenvalue weighted by Crippen LogP contribution is -2.24. The number of benzene rings is 4. The number of hydrogen-bond donors (Lipinski definition) is 0.